The molecule has 3 N–H and O–H groups in total. The number of nitrogens with one attached hydrogen (secondary N) is 2. The maximum Gasteiger partial charge on any atom is 0.251 e. The predicted octanol–water partition coefficient (Wildman–Crippen LogP) is 4.54. The predicted molar refractivity (Wildman–Crippen MR) is 164 cm³/mol. The van der Waals surface area contributed by atoms with Gasteiger partial charge in [-0.1, -0.05) is 38.1 Å². The molecule has 0 radical (unpaired) electrons. The summed E-state index contributed by atoms with van der Waals surface area (Å²) in [6, 6.07) is 17.3. The minimum atomic E-state index is -0.847. The standard InChI is InChI=1S/C34H42N4O4/c1-23(2)26-11-12-36-28(17-26)21-35-22-32(39)31-16-25-9-5-8-24(15-25)7-3-4-14-42-30-19-27(34(41)37-31)18-29(20-30)38-13-6-10-33(38)40/h5,8-9,11-12,15,17-20,23,31-32,35,39H,3-4,6-7,10,13-14,16,21-22H2,1-2H3,(H,37,41)/t31-,32+/m0/s1. The van der Waals surface area contributed by atoms with E-state index in [4.69, 9.17) is 4.74 Å². The Balaban J connectivity index is 1.37. The maximum atomic E-state index is 13.7. The Morgan fingerprint density at radius 3 is 2.71 bits per heavy atom. The first-order valence-electron chi connectivity index (χ1n) is 15.2. The van der Waals surface area contributed by atoms with Gasteiger partial charge < -0.3 is 25.4 Å². The number of hydrogen-bond donors (Lipinski definition) is 3. The Bertz CT molecular complexity index is 1390. The first-order valence-corrected chi connectivity index (χ1v) is 15.2. The van der Waals surface area contributed by atoms with Crippen molar-refractivity contribution in [3.05, 3.63) is 88.7 Å². The molecule has 1 fully saturated rings. The third kappa shape index (κ3) is 7.75. The molecule has 3 aromatic rings. The number of aryl methyl sites for hydroxylation is 1. The molecule has 3 heterocycles. The molecule has 2 aliphatic heterocycles. The molecule has 2 atom stereocenters. The second-order valence-electron chi connectivity index (χ2n) is 11.7. The van der Waals surface area contributed by atoms with Gasteiger partial charge in [-0.3, -0.25) is 14.6 Å². The Morgan fingerprint density at radius 2 is 1.90 bits per heavy atom. The molecule has 8 heteroatoms. The highest BCUT2D eigenvalue weighted by Gasteiger charge is 2.26. The highest BCUT2D eigenvalue weighted by Crippen LogP contribution is 2.28. The number of rotatable bonds is 7. The van der Waals surface area contributed by atoms with Crippen LogP contribution in [0.25, 0.3) is 0 Å². The summed E-state index contributed by atoms with van der Waals surface area (Å²) in [6.07, 6.45) is 5.52. The molecule has 2 amide bonds. The van der Waals surface area contributed by atoms with Crippen molar-refractivity contribution in [1.82, 2.24) is 15.6 Å². The van der Waals surface area contributed by atoms with Crippen molar-refractivity contribution < 1.29 is 19.4 Å². The summed E-state index contributed by atoms with van der Waals surface area (Å²) < 4.78 is 6.07. The van der Waals surface area contributed by atoms with Crippen LogP contribution in [0.1, 0.15) is 78.2 Å². The van der Waals surface area contributed by atoms with E-state index in [1.165, 1.54) is 11.1 Å². The lowest BCUT2D eigenvalue weighted by atomic mass is 9.97. The van der Waals surface area contributed by atoms with E-state index < -0.39 is 12.1 Å². The third-order valence-electron chi connectivity index (χ3n) is 8.06. The number of nitrogens with zero attached hydrogens (tertiary/aromatic N) is 2. The molecular weight excluding hydrogens is 528 g/mol. The van der Waals surface area contributed by atoms with Gasteiger partial charge in [0.25, 0.3) is 5.91 Å². The molecule has 1 saturated heterocycles. The van der Waals surface area contributed by atoms with Gasteiger partial charge in [-0.05, 0) is 79.0 Å². The fraction of sp³-hybridized carbons (Fsp3) is 0.441. The third-order valence-corrected chi connectivity index (χ3v) is 8.06. The second-order valence-corrected chi connectivity index (χ2v) is 11.7. The van der Waals surface area contributed by atoms with E-state index in [1.54, 1.807) is 17.0 Å². The van der Waals surface area contributed by atoms with Crippen LogP contribution in [0.15, 0.2) is 60.8 Å². The molecule has 0 aliphatic carbocycles. The smallest absolute Gasteiger partial charge is 0.251 e. The van der Waals surface area contributed by atoms with Crippen LogP contribution in [0, 0.1) is 0 Å². The van der Waals surface area contributed by atoms with E-state index in [0.29, 0.717) is 55.5 Å². The molecule has 0 unspecified atom stereocenters. The number of ether oxygens (including phenoxy) is 1. The Morgan fingerprint density at radius 1 is 1.05 bits per heavy atom. The average molecular weight is 571 g/mol. The van der Waals surface area contributed by atoms with Crippen molar-refractivity contribution in [2.45, 2.75) is 77.0 Å². The lowest BCUT2D eigenvalue weighted by Gasteiger charge is -2.25. The fourth-order valence-electron chi connectivity index (χ4n) is 5.64. The van der Waals surface area contributed by atoms with E-state index >= 15 is 0 Å². The van der Waals surface area contributed by atoms with Crippen molar-refractivity contribution in [2.24, 2.45) is 0 Å². The van der Waals surface area contributed by atoms with E-state index in [0.717, 1.165) is 36.9 Å². The first-order chi connectivity index (χ1) is 20.4. The van der Waals surface area contributed by atoms with Crippen LogP contribution in [-0.2, 0) is 24.2 Å². The minimum Gasteiger partial charge on any atom is -0.493 e. The number of carbonyl (C=O) groups is 2. The SMILES string of the molecule is CC(C)c1ccnc(CNC[C@@H](O)[C@@H]2Cc3cccc(c3)CCCCOc3cc(cc(N4CCCC4=O)c3)C(=O)N2)c1. The highest BCUT2D eigenvalue weighted by molar-refractivity contribution is 5.99. The molecule has 1 aromatic heterocycles. The monoisotopic (exact) mass is 570 g/mol. The maximum absolute atomic E-state index is 13.7. The number of hydrogen-bond acceptors (Lipinski definition) is 6. The zero-order valence-electron chi connectivity index (χ0n) is 24.6. The number of pyridine rings is 1. The van der Waals surface area contributed by atoms with Crippen LogP contribution in [-0.4, -0.2) is 53.7 Å². The number of aromatic nitrogens is 1. The molecule has 5 rings (SSSR count). The number of benzene rings is 2. The number of anilines is 1. The summed E-state index contributed by atoms with van der Waals surface area (Å²) in [5.74, 6) is 0.721. The van der Waals surface area contributed by atoms with E-state index in [9.17, 15) is 14.7 Å². The van der Waals surface area contributed by atoms with E-state index in [1.807, 2.05) is 30.5 Å². The van der Waals surface area contributed by atoms with Crippen LogP contribution in [0.3, 0.4) is 0 Å². The van der Waals surface area contributed by atoms with Gasteiger partial charge in [-0.15, -0.1) is 0 Å². The van der Waals surface area contributed by atoms with Crippen LogP contribution in [0.4, 0.5) is 5.69 Å². The summed E-state index contributed by atoms with van der Waals surface area (Å²) in [6.45, 7) is 6.25. The molecule has 222 valence electrons. The van der Waals surface area contributed by atoms with Crippen LogP contribution in [0.2, 0.25) is 0 Å². The van der Waals surface area contributed by atoms with Crippen molar-refractivity contribution in [3.63, 3.8) is 0 Å². The lowest BCUT2D eigenvalue weighted by Crippen LogP contribution is -2.48. The van der Waals surface area contributed by atoms with Crippen molar-refractivity contribution >= 4 is 17.5 Å². The number of aliphatic hydroxyl groups is 1. The van der Waals surface area contributed by atoms with Crippen molar-refractivity contribution in [1.29, 1.82) is 0 Å². The van der Waals surface area contributed by atoms with Gasteiger partial charge >= 0.3 is 0 Å². The van der Waals surface area contributed by atoms with Gasteiger partial charge in [-0.2, -0.15) is 0 Å². The Labute approximate surface area is 248 Å². The van der Waals surface area contributed by atoms with Gasteiger partial charge in [0.2, 0.25) is 5.91 Å². The van der Waals surface area contributed by atoms with Gasteiger partial charge in [0.15, 0.2) is 0 Å². The largest absolute Gasteiger partial charge is 0.493 e. The number of fused-ring (bicyclic) bond motifs is 4. The summed E-state index contributed by atoms with van der Waals surface area (Å²) in [4.78, 5) is 32.4. The summed E-state index contributed by atoms with van der Waals surface area (Å²) in [5.41, 5.74) is 5.50. The zero-order chi connectivity index (χ0) is 29.5. The molecule has 4 bridgehead atoms. The average Bonchev–Trinajstić information content (AvgIpc) is 3.42. The minimum absolute atomic E-state index is 0.0523. The van der Waals surface area contributed by atoms with E-state index in [2.05, 4.69) is 47.7 Å². The van der Waals surface area contributed by atoms with Gasteiger partial charge in [0, 0.05) is 49.6 Å². The van der Waals surface area contributed by atoms with Gasteiger partial charge in [0.1, 0.15) is 5.75 Å². The molecule has 0 spiro atoms. The van der Waals surface area contributed by atoms with Crippen molar-refractivity contribution in [3.8, 4) is 5.75 Å². The Hall–Kier alpha value is -3.75. The first kappa shape index (κ1) is 29.7. The molecule has 2 aromatic carbocycles. The number of amides is 2. The van der Waals surface area contributed by atoms with Gasteiger partial charge in [-0.25, -0.2) is 0 Å². The molecular formula is C34H42N4O4. The van der Waals surface area contributed by atoms with Crippen LogP contribution >= 0.6 is 0 Å². The normalized spacial score (nSPS) is 18.7. The quantitative estimate of drug-likeness (QED) is 0.386. The number of carbonyl (C=O) groups excluding carboxylic acids is 2. The zero-order valence-corrected chi connectivity index (χ0v) is 24.6. The summed E-state index contributed by atoms with van der Waals surface area (Å²) in [5, 5.41) is 17.8. The topological polar surface area (TPSA) is 104 Å². The molecule has 2 aliphatic rings. The lowest BCUT2D eigenvalue weighted by molar-refractivity contribution is -0.117. The number of aliphatic hydroxyl groups excluding tert-OH is 1. The Kier molecular flexibility index (Phi) is 9.87. The van der Waals surface area contributed by atoms with Crippen LogP contribution in [0.5, 0.6) is 5.75 Å². The van der Waals surface area contributed by atoms with Crippen molar-refractivity contribution in [2.75, 3.05) is 24.6 Å². The second kappa shape index (κ2) is 13.9. The van der Waals surface area contributed by atoms with Crippen LogP contribution < -0.4 is 20.3 Å². The van der Waals surface area contributed by atoms with Gasteiger partial charge in [0.05, 0.1) is 24.4 Å². The molecule has 42 heavy (non-hydrogen) atoms. The highest BCUT2D eigenvalue weighted by atomic mass is 16.5. The summed E-state index contributed by atoms with van der Waals surface area (Å²) >= 11 is 0. The summed E-state index contributed by atoms with van der Waals surface area (Å²) in [7, 11) is 0. The van der Waals surface area contributed by atoms with E-state index in [-0.39, 0.29) is 18.4 Å². The molecule has 0 saturated carbocycles. The fourth-order valence-corrected chi connectivity index (χ4v) is 5.64. The molecule has 8 nitrogen and oxygen atoms in total.